The van der Waals surface area contributed by atoms with Gasteiger partial charge >= 0.3 is 0 Å². The third kappa shape index (κ3) is 4.50. The Labute approximate surface area is 116 Å². The number of ether oxygens (including phenoxy) is 1. The van der Waals surface area contributed by atoms with Gasteiger partial charge in [0, 0.05) is 12.1 Å². The predicted molar refractivity (Wildman–Crippen MR) is 76.1 cm³/mol. The van der Waals surface area contributed by atoms with Crippen molar-refractivity contribution in [2.24, 2.45) is 5.73 Å². The van der Waals surface area contributed by atoms with Gasteiger partial charge in [-0.1, -0.05) is 30.7 Å². The Morgan fingerprint density at radius 2 is 2.28 bits per heavy atom. The van der Waals surface area contributed by atoms with Gasteiger partial charge in [-0.05, 0) is 24.6 Å². The molecular formula is C12H15ClN2O2S. The van der Waals surface area contributed by atoms with Crippen molar-refractivity contribution >= 4 is 34.7 Å². The lowest BCUT2D eigenvalue weighted by atomic mass is 10.2. The lowest BCUT2D eigenvalue weighted by molar-refractivity contribution is -0.123. The van der Waals surface area contributed by atoms with Gasteiger partial charge in [0.25, 0.3) is 5.91 Å². The zero-order valence-electron chi connectivity index (χ0n) is 10.0. The molecule has 4 nitrogen and oxygen atoms in total. The summed E-state index contributed by atoms with van der Waals surface area (Å²) < 4.78 is 5.30. The predicted octanol–water partition coefficient (Wildman–Crippen LogP) is 1.88. The molecule has 18 heavy (non-hydrogen) atoms. The van der Waals surface area contributed by atoms with E-state index in [1.54, 1.807) is 18.2 Å². The molecular weight excluding hydrogens is 272 g/mol. The molecule has 0 atom stereocenters. The Balaban J connectivity index is 2.56. The highest BCUT2D eigenvalue weighted by Crippen LogP contribution is 2.22. The molecule has 0 radical (unpaired) electrons. The second-order valence-electron chi connectivity index (χ2n) is 3.64. The molecule has 0 aliphatic heterocycles. The Morgan fingerprint density at radius 1 is 1.56 bits per heavy atom. The summed E-state index contributed by atoms with van der Waals surface area (Å²) in [6.45, 7) is 2.58. The Bertz CT molecular complexity index is 452. The van der Waals surface area contributed by atoms with E-state index in [-0.39, 0.29) is 17.5 Å². The minimum atomic E-state index is -0.161. The largest absolute Gasteiger partial charge is 0.484 e. The van der Waals surface area contributed by atoms with Gasteiger partial charge in [-0.2, -0.15) is 0 Å². The van der Waals surface area contributed by atoms with Crippen LogP contribution in [0.3, 0.4) is 0 Å². The summed E-state index contributed by atoms with van der Waals surface area (Å²) >= 11 is 10.8. The number of nitrogens with two attached hydrogens (primary N) is 1. The van der Waals surface area contributed by atoms with Crippen molar-refractivity contribution in [2.75, 3.05) is 13.2 Å². The van der Waals surface area contributed by atoms with E-state index < -0.39 is 0 Å². The molecule has 0 spiro atoms. The van der Waals surface area contributed by atoms with E-state index >= 15 is 0 Å². The van der Waals surface area contributed by atoms with Crippen molar-refractivity contribution in [3.8, 4) is 5.75 Å². The number of thiocarbonyl (C=S) groups is 1. The Kier molecular flexibility index (Phi) is 5.88. The smallest absolute Gasteiger partial charge is 0.257 e. The van der Waals surface area contributed by atoms with Gasteiger partial charge in [-0.15, -0.1) is 0 Å². The van der Waals surface area contributed by atoms with Crippen LogP contribution in [0.25, 0.3) is 0 Å². The molecule has 98 valence electrons. The molecule has 1 amide bonds. The lowest BCUT2D eigenvalue weighted by Gasteiger charge is -2.08. The van der Waals surface area contributed by atoms with Crippen LogP contribution in [0.4, 0.5) is 0 Å². The van der Waals surface area contributed by atoms with Crippen molar-refractivity contribution in [3.05, 3.63) is 28.8 Å². The van der Waals surface area contributed by atoms with E-state index in [2.05, 4.69) is 5.32 Å². The highest BCUT2D eigenvalue weighted by atomic mass is 35.5. The van der Waals surface area contributed by atoms with Gasteiger partial charge in [0.15, 0.2) is 6.61 Å². The van der Waals surface area contributed by atoms with Crippen molar-refractivity contribution in [1.82, 2.24) is 5.32 Å². The van der Waals surface area contributed by atoms with Crippen molar-refractivity contribution in [3.63, 3.8) is 0 Å². The molecule has 0 aliphatic rings. The first-order valence-corrected chi connectivity index (χ1v) is 6.32. The number of carbonyl (C=O) groups is 1. The zero-order valence-corrected chi connectivity index (χ0v) is 11.6. The van der Waals surface area contributed by atoms with E-state index in [4.69, 9.17) is 34.3 Å². The number of benzene rings is 1. The number of amides is 1. The van der Waals surface area contributed by atoms with Crippen LogP contribution in [-0.2, 0) is 4.79 Å². The highest BCUT2D eigenvalue weighted by Gasteiger charge is 2.06. The van der Waals surface area contributed by atoms with Crippen LogP contribution in [0.1, 0.15) is 18.9 Å². The third-order valence-corrected chi connectivity index (χ3v) is 2.68. The number of carbonyl (C=O) groups excluding carboxylic acids is 1. The van der Waals surface area contributed by atoms with Crippen LogP contribution in [-0.4, -0.2) is 24.0 Å². The van der Waals surface area contributed by atoms with Gasteiger partial charge in [0.05, 0.1) is 5.02 Å². The summed E-state index contributed by atoms with van der Waals surface area (Å²) in [4.78, 5) is 11.6. The lowest BCUT2D eigenvalue weighted by Crippen LogP contribution is -2.29. The first-order valence-electron chi connectivity index (χ1n) is 5.53. The van der Waals surface area contributed by atoms with Gasteiger partial charge in [0.2, 0.25) is 0 Å². The summed E-state index contributed by atoms with van der Waals surface area (Å²) in [5.74, 6) is 0.345. The van der Waals surface area contributed by atoms with E-state index in [1.165, 1.54) is 0 Å². The minimum absolute atomic E-state index is 0.0389. The molecule has 0 bridgehead atoms. The van der Waals surface area contributed by atoms with Crippen LogP contribution in [0, 0.1) is 0 Å². The fourth-order valence-electron chi connectivity index (χ4n) is 1.25. The van der Waals surface area contributed by atoms with Gasteiger partial charge in [-0.25, -0.2) is 0 Å². The number of nitrogens with one attached hydrogen (secondary N) is 1. The van der Waals surface area contributed by atoms with E-state index in [0.717, 1.165) is 6.42 Å². The molecule has 0 saturated carbocycles. The first-order chi connectivity index (χ1) is 8.54. The SMILES string of the molecule is CCCNC(=O)COc1ccc(C(N)=S)c(Cl)c1. The molecule has 1 aromatic rings. The number of rotatable bonds is 6. The van der Waals surface area contributed by atoms with E-state index in [9.17, 15) is 4.79 Å². The van der Waals surface area contributed by atoms with Crippen LogP contribution >= 0.6 is 23.8 Å². The number of hydrogen-bond acceptors (Lipinski definition) is 3. The number of halogens is 1. The van der Waals surface area contributed by atoms with Gasteiger partial charge < -0.3 is 15.8 Å². The molecule has 0 aliphatic carbocycles. The maximum atomic E-state index is 11.3. The molecule has 0 unspecified atom stereocenters. The summed E-state index contributed by atoms with van der Waals surface area (Å²) in [6, 6.07) is 4.93. The maximum Gasteiger partial charge on any atom is 0.257 e. The van der Waals surface area contributed by atoms with Crippen molar-refractivity contribution in [1.29, 1.82) is 0 Å². The zero-order chi connectivity index (χ0) is 13.5. The van der Waals surface area contributed by atoms with E-state index in [1.807, 2.05) is 6.92 Å². The molecule has 0 heterocycles. The monoisotopic (exact) mass is 286 g/mol. The van der Waals surface area contributed by atoms with Crippen LogP contribution in [0.15, 0.2) is 18.2 Å². The Morgan fingerprint density at radius 3 is 2.83 bits per heavy atom. The standard InChI is InChI=1S/C12H15ClN2O2S/c1-2-5-15-11(16)7-17-8-3-4-9(12(14)18)10(13)6-8/h3-4,6H,2,5,7H2,1H3,(H2,14,18)(H,15,16). The molecule has 0 fully saturated rings. The van der Waals surface area contributed by atoms with Crippen LogP contribution < -0.4 is 15.8 Å². The topological polar surface area (TPSA) is 64.3 Å². The summed E-state index contributed by atoms with van der Waals surface area (Å²) in [5.41, 5.74) is 6.08. The van der Waals surface area contributed by atoms with Crippen LogP contribution in [0.2, 0.25) is 5.02 Å². The third-order valence-electron chi connectivity index (χ3n) is 2.15. The van der Waals surface area contributed by atoms with E-state index in [0.29, 0.717) is 22.9 Å². The first kappa shape index (κ1) is 14.7. The van der Waals surface area contributed by atoms with Crippen LogP contribution in [0.5, 0.6) is 5.75 Å². The molecule has 3 N–H and O–H groups in total. The second kappa shape index (κ2) is 7.18. The number of hydrogen-bond donors (Lipinski definition) is 2. The van der Waals surface area contributed by atoms with Gasteiger partial charge in [0.1, 0.15) is 10.7 Å². The fourth-order valence-corrected chi connectivity index (χ4v) is 1.76. The summed E-state index contributed by atoms with van der Waals surface area (Å²) in [6.07, 6.45) is 0.889. The summed E-state index contributed by atoms with van der Waals surface area (Å²) in [7, 11) is 0. The normalized spacial score (nSPS) is 9.89. The average molecular weight is 287 g/mol. The highest BCUT2D eigenvalue weighted by molar-refractivity contribution is 7.80. The van der Waals surface area contributed by atoms with Crippen molar-refractivity contribution < 1.29 is 9.53 Å². The fraction of sp³-hybridized carbons (Fsp3) is 0.333. The average Bonchev–Trinajstić information content (AvgIpc) is 2.33. The molecule has 0 aromatic heterocycles. The summed E-state index contributed by atoms with van der Waals surface area (Å²) in [5, 5.41) is 3.12. The second-order valence-corrected chi connectivity index (χ2v) is 4.49. The molecule has 0 saturated heterocycles. The van der Waals surface area contributed by atoms with Crippen molar-refractivity contribution in [2.45, 2.75) is 13.3 Å². The Hall–Kier alpha value is -1.33. The maximum absolute atomic E-state index is 11.3. The van der Waals surface area contributed by atoms with Gasteiger partial charge in [-0.3, -0.25) is 4.79 Å². The molecule has 6 heteroatoms. The molecule has 1 rings (SSSR count). The minimum Gasteiger partial charge on any atom is -0.484 e. The quantitative estimate of drug-likeness (QED) is 0.784. The molecule has 1 aromatic carbocycles.